The van der Waals surface area contributed by atoms with Gasteiger partial charge in [-0.1, -0.05) is 12.1 Å². The number of rotatable bonds is 4. The molecule has 150 valence electrons. The molecule has 0 radical (unpaired) electrons. The fourth-order valence-corrected chi connectivity index (χ4v) is 3.34. The van der Waals surface area contributed by atoms with E-state index in [1.54, 1.807) is 26.0 Å². The maximum absolute atomic E-state index is 14.4. The summed E-state index contributed by atoms with van der Waals surface area (Å²) >= 11 is 0. The van der Waals surface area contributed by atoms with Gasteiger partial charge in [-0.05, 0) is 43.7 Å². The number of hydrogen-bond donors (Lipinski definition) is 2. The zero-order chi connectivity index (χ0) is 21.4. The molecule has 30 heavy (non-hydrogen) atoms. The van der Waals surface area contributed by atoms with Gasteiger partial charge >= 0.3 is 0 Å². The van der Waals surface area contributed by atoms with Crippen LogP contribution in [0, 0.1) is 36.8 Å². The van der Waals surface area contributed by atoms with E-state index in [9.17, 15) is 13.6 Å². The van der Waals surface area contributed by atoms with E-state index in [1.165, 1.54) is 10.6 Å². The molecule has 0 atom stereocenters. The molecule has 8 heteroatoms. The highest BCUT2D eigenvalue weighted by Crippen LogP contribution is 2.30. The van der Waals surface area contributed by atoms with E-state index in [1.807, 2.05) is 12.1 Å². The minimum Gasteiger partial charge on any atom is -0.366 e. The minimum absolute atomic E-state index is 0.154. The van der Waals surface area contributed by atoms with Crippen LogP contribution in [0.3, 0.4) is 0 Å². The summed E-state index contributed by atoms with van der Waals surface area (Å²) in [6.45, 7) is 3.74. The molecule has 0 saturated carbocycles. The van der Waals surface area contributed by atoms with Gasteiger partial charge in [-0.15, -0.1) is 0 Å². The van der Waals surface area contributed by atoms with Gasteiger partial charge in [0.1, 0.15) is 17.5 Å². The summed E-state index contributed by atoms with van der Waals surface area (Å²) in [6, 6.07) is 12.4. The molecule has 0 aliphatic heterocycles. The smallest absolute Gasteiger partial charge is 0.277 e. The van der Waals surface area contributed by atoms with Gasteiger partial charge in [-0.25, -0.2) is 18.3 Å². The molecule has 0 spiro atoms. The molecule has 2 aromatic carbocycles. The number of anilines is 1. The Balaban J connectivity index is 1.78. The average molecular weight is 405 g/mol. The van der Waals surface area contributed by atoms with E-state index >= 15 is 0 Å². The third kappa shape index (κ3) is 3.31. The van der Waals surface area contributed by atoms with Crippen LogP contribution < -0.4 is 10.9 Å². The number of halogens is 2. The van der Waals surface area contributed by atoms with E-state index in [0.29, 0.717) is 34.7 Å². The number of H-pyrrole nitrogens is 1. The molecule has 0 fully saturated rings. The van der Waals surface area contributed by atoms with Crippen molar-refractivity contribution < 1.29 is 8.78 Å². The van der Waals surface area contributed by atoms with Crippen LogP contribution in [-0.2, 0) is 6.54 Å². The quantitative estimate of drug-likeness (QED) is 0.536. The Labute approximate surface area is 170 Å². The van der Waals surface area contributed by atoms with E-state index in [0.717, 1.165) is 17.7 Å². The topological polar surface area (TPSA) is 86.0 Å². The van der Waals surface area contributed by atoms with Crippen molar-refractivity contribution in [3.63, 3.8) is 0 Å². The van der Waals surface area contributed by atoms with Gasteiger partial charge in [0.05, 0.1) is 22.8 Å². The van der Waals surface area contributed by atoms with E-state index in [4.69, 9.17) is 5.26 Å². The van der Waals surface area contributed by atoms with Crippen LogP contribution in [0.25, 0.3) is 16.8 Å². The standard InChI is InChI=1S/C22H17F2N5O/c1-12-20(26-11-15-5-3-14(10-25)4-6-15)27-21-19(13(2)28-29(21)22(12)30)17-8-7-16(23)9-18(17)24/h3-9,26,28H,11H2,1-2H3. The molecule has 4 aromatic rings. The lowest BCUT2D eigenvalue weighted by atomic mass is 10.1. The number of nitriles is 1. The van der Waals surface area contributed by atoms with E-state index in [2.05, 4.69) is 21.5 Å². The van der Waals surface area contributed by atoms with Gasteiger partial charge in [0.25, 0.3) is 5.56 Å². The first kappa shape index (κ1) is 19.3. The summed E-state index contributed by atoms with van der Waals surface area (Å²) in [7, 11) is 0. The van der Waals surface area contributed by atoms with Gasteiger partial charge < -0.3 is 5.32 Å². The van der Waals surface area contributed by atoms with Crippen LogP contribution in [-0.4, -0.2) is 14.6 Å². The zero-order valence-corrected chi connectivity index (χ0v) is 16.3. The Kier molecular flexibility index (Phi) is 4.80. The molecular formula is C22H17F2N5O. The average Bonchev–Trinajstić information content (AvgIpc) is 3.06. The number of benzene rings is 2. The van der Waals surface area contributed by atoms with Crippen molar-refractivity contribution in [3.05, 3.63) is 86.8 Å². The lowest BCUT2D eigenvalue weighted by molar-refractivity contribution is 0.585. The van der Waals surface area contributed by atoms with Crippen LogP contribution in [0.5, 0.6) is 0 Å². The van der Waals surface area contributed by atoms with Gasteiger partial charge in [0.15, 0.2) is 5.65 Å². The number of hydrogen-bond acceptors (Lipinski definition) is 4. The Hall–Kier alpha value is -3.99. The van der Waals surface area contributed by atoms with Crippen LogP contribution in [0.15, 0.2) is 47.3 Å². The first-order chi connectivity index (χ1) is 14.4. The van der Waals surface area contributed by atoms with Crippen LogP contribution in [0.1, 0.15) is 22.4 Å². The minimum atomic E-state index is -0.735. The van der Waals surface area contributed by atoms with Crippen molar-refractivity contribution in [3.8, 4) is 17.2 Å². The van der Waals surface area contributed by atoms with Crippen molar-refractivity contribution in [1.82, 2.24) is 14.6 Å². The fourth-order valence-electron chi connectivity index (χ4n) is 3.34. The van der Waals surface area contributed by atoms with Crippen molar-refractivity contribution in [1.29, 1.82) is 5.26 Å². The lowest BCUT2D eigenvalue weighted by Crippen LogP contribution is -2.20. The summed E-state index contributed by atoms with van der Waals surface area (Å²) in [6.07, 6.45) is 0. The molecule has 2 N–H and O–H groups in total. The van der Waals surface area contributed by atoms with Crippen LogP contribution in [0.4, 0.5) is 14.6 Å². The molecule has 0 aliphatic rings. The first-order valence-corrected chi connectivity index (χ1v) is 9.19. The Morgan fingerprint density at radius 2 is 1.90 bits per heavy atom. The fraction of sp³-hybridized carbons (Fsp3) is 0.136. The highest BCUT2D eigenvalue weighted by Gasteiger charge is 2.19. The summed E-state index contributed by atoms with van der Waals surface area (Å²) in [5, 5.41) is 14.9. The van der Waals surface area contributed by atoms with Crippen LogP contribution in [0.2, 0.25) is 0 Å². The third-order valence-electron chi connectivity index (χ3n) is 4.93. The molecule has 0 unspecified atom stereocenters. The first-order valence-electron chi connectivity index (χ1n) is 9.19. The third-order valence-corrected chi connectivity index (χ3v) is 4.93. The predicted molar refractivity (Wildman–Crippen MR) is 109 cm³/mol. The second-order valence-electron chi connectivity index (χ2n) is 6.95. The highest BCUT2D eigenvalue weighted by molar-refractivity contribution is 5.81. The molecule has 0 amide bonds. The Bertz CT molecular complexity index is 1360. The van der Waals surface area contributed by atoms with Crippen molar-refractivity contribution in [2.24, 2.45) is 0 Å². The number of nitrogens with one attached hydrogen (secondary N) is 2. The molecule has 6 nitrogen and oxygen atoms in total. The second-order valence-corrected chi connectivity index (χ2v) is 6.95. The van der Waals surface area contributed by atoms with Crippen molar-refractivity contribution in [2.45, 2.75) is 20.4 Å². The van der Waals surface area contributed by atoms with Crippen molar-refractivity contribution >= 4 is 11.5 Å². The number of aromatic amines is 1. The SMILES string of the molecule is Cc1[nH]n2c(=O)c(C)c(NCc3ccc(C#N)cc3)nc2c1-c1ccc(F)cc1F. The molecule has 2 aromatic heterocycles. The van der Waals surface area contributed by atoms with E-state index < -0.39 is 11.6 Å². The predicted octanol–water partition coefficient (Wildman–Crippen LogP) is 4.07. The number of aryl methyl sites for hydroxylation is 1. The second kappa shape index (κ2) is 7.44. The summed E-state index contributed by atoms with van der Waals surface area (Å²) in [5.41, 5.74) is 2.87. The van der Waals surface area contributed by atoms with Gasteiger partial charge in [0, 0.05) is 23.9 Å². The number of aromatic nitrogens is 3. The molecule has 2 heterocycles. The summed E-state index contributed by atoms with van der Waals surface area (Å²) in [5.74, 6) is -1.05. The Morgan fingerprint density at radius 1 is 1.17 bits per heavy atom. The van der Waals surface area contributed by atoms with Gasteiger partial charge in [0.2, 0.25) is 0 Å². The largest absolute Gasteiger partial charge is 0.366 e. The van der Waals surface area contributed by atoms with Gasteiger partial charge in [-0.3, -0.25) is 9.89 Å². The normalized spacial score (nSPS) is 10.9. The molecule has 0 saturated heterocycles. The maximum atomic E-state index is 14.4. The summed E-state index contributed by atoms with van der Waals surface area (Å²) in [4.78, 5) is 17.4. The van der Waals surface area contributed by atoms with Gasteiger partial charge in [-0.2, -0.15) is 5.26 Å². The Morgan fingerprint density at radius 3 is 2.57 bits per heavy atom. The zero-order valence-electron chi connectivity index (χ0n) is 16.3. The van der Waals surface area contributed by atoms with E-state index in [-0.39, 0.29) is 16.8 Å². The maximum Gasteiger partial charge on any atom is 0.277 e. The van der Waals surface area contributed by atoms with Crippen molar-refractivity contribution in [2.75, 3.05) is 5.32 Å². The molecule has 0 bridgehead atoms. The van der Waals surface area contributed by atoms with Crippen LogP contribution >= 0.6 is 0 Å². The number of fused-ring (bicyclic) bond motifs is 1. The number of nitrogens with zero attached hydrogens (tertiary/aromatic N) is 3. The highest BCUT2D eigenvalue weighted by atomic mass is 19.1. The molecule has 4 rings (SSSR count). The monoisotopic (exact) mass is 405 g/mol. The lowest BCUT2D eigenvalue weighted by Gasteiger charge is -2.10. The summed E-state index contributed by atoms with van der Waals surface area (Å²) < 4.78 is 29.0. The molecular weight excluding hydrogens is 388 g/mol. The molecule has 0 aliphatic carbocycles.